The van der Waals surface area contributed by atoms with Crippen LogP contribution in [-0.2, 0) is 52.1 Å². The number of carbonyl (C=O) groups excluding carboxylic acids is 1. The van der Waals surface area contributed by atoms with Crippen LogP contribution in [0, 0.1) is 0 Å². The van der Waals surface area contributed by atoms with Crippen LogP contribution in [0.3, 0.4) is 0 Å². The molecule has 0 bridgehead atoms. The number of amides is 1. The summed E-state index contributed by atoms with van der Waals surface area (Å²) in [5.74, 6) is 0. The van der Waals surface area contributed by atoms with E-state index in [0.29, 0.717) is 132 Å². The first-order valence-electron chi connectivity index (χ1n) is 14.6. The van der Waals surface area contributed by atoms with Crippen LogP contribution in [0.4, 0.5) is 9.18 Å². The van der Waals surface area contributed by atoms with E-state index in [0.717, 1.165) is 0 Å². The normalized spacial score (nSPS) is 11.7. The Balaban J connectivity index is 3.15. The van der Waals surface area contributed by atoms with E-state index in [4.69, 9.17) is 52.1 Å². The lowest BCUT2D eigenvalue weighted by Crippen LogP contribution is -2.36. The lowest BCUT2D eigenvalue weighted by molar-refractivity contribution is -0.0268. The van der Waals surface area contributed by atoms with Crippen molar-refractivity contribution in [3.63, 3.8) is 0 Å². The largest absolute Gasteiger partial charge is 0.444 e. The molecule has 13 nitrogen and oxygen atoms in total. The van der Waals surface area contributed by atoms with Gasteiger partial charge in [0.25, 0.3) is 0 Å². The Hall–Kier alpha value is -1.20. The van der Waals surface area contributed by atoms with Crippen molar-refractivity contribution in [3.05, 3.63) is 0 Å². The maximum Gasteiger partial charge on any atom is 0.410 e. The summed E-state index contributed by atoms with van der Waals surface area (Å²) < 4.78 is 70.8. The van der Waals surface area contributed by atoms with E-state index in [1.54, 1.807) is 7.05 Å². The second-order valence-electron chi connectivity index (χ2n) is 9.71. The Kier molecular flexibility index (Phi) is 30.3. The lowest BCUT2D eigenvalue weighted by atomic mass is 10.2. The molecule has 252 valence electrons. The van der Waals surface area contributed by atoms with Crippen molar-refractivity contribution in [2.45, 2.75) is 26.4 Å². The van der Waals surface area contributed by atoms with Gasteiger partial charge in [0, 0.05) is 13.6 Å². The van der Waals surface area contributed by atoms with Gasteiger partial charge in [-0.3, -0.25) is 0 Å². The standard InChI is InChI=1S/C28H56FNO12/c1-28(2,3)42-27(31)30(4)6-8-33-10-12-35-14-16-37-18-20-39-22-24-41-26-25-40-23-21-38-19-17-36-15-13-34-11-9-32-7-5-29/h5-26H2,1-4H3. The molecule has 0 fully saturated rings. The molecule has 0 aromatic carbocycles. The number of hydrogen-bond acceptors (Lipinski definition) is 12. The highest BCUT2D eigenvalue weighted by atomic mass is 19.1. The van der Waals surface area contributed by atoms with E-state index in [2.05, 4.69) is 0 Å². The number of hydrogen-bond donors (Lipinski definition) is 0. The number of alkyl halides is 1. The molecule has 0 unspecified atom stereocenters. The van der Waals surface area contributed by atoms with Crippen LogP contribution in [0.2, 0.25) is 0 Å². The summed E-state index contributed by atoms with van der Waals surface area (Å²) in [6.45, 7) is 14.5. The van der Waals surface area contributed by atoms with Crippen LogP contribution in [0.1, 0.15) is 20.8 Å². The van der Waals surface area contributed by atoms with Gasteiger partial charge in [-0.15, -0.1) is 0 Å². The highest BCUT2D eigenvalue weighted by molar-refractivity contribution is 5.67. The van der Waals surface area contributed by atoms with E-state index in [-0.39, 0.29) is 12.7 Å². The van der Waals surface area contributed by atoms with Crippen LogP contribution >= 0.6 is 0 Å². The average Bonchev–Trinajstić information content (AvgIpc) is 2.95. The van der Waals surface area contributed by atoms with Gasteiger partial charge in [-0.1, -0.05) is 0 Å². The van der Waals surface area contributed by atoms with Crippen molar-refractivity contribution in [2.24, 2.45) is 0 Å². The summed E-state index contributed by atoms with van der Waals surface area (Å²) in [6, 6.07) is 0. The Morgan fingerprint density at radius 3 is 0.952 bits per heavy atom. The fourth-order valence-electron chi connectivity index (χ4n) is 2.77. The minimum absolute atomic E-state index is 0.110. The number of rotatable bonds is 32. The molecule has 0 aromatic rings. The molecular formula is C28H56FNO12. The quantitative estimate of drug-likeness (QED) is 0.103. The van der Waals surface area contributed by atoms with Gasteiger partial charge >= 0.3 is 6.09 Å². The predicted octanol–water partition coefficient (Wildman–Crippen LogP) is 1.99. The van der Waals surface area contributed by atoms with Crippen LogP contribution in [0.5, 0.6) is 0 Å². The van der Waals surface area contributed by atoms with Crippen LogP contribution in [-0.4, -0.2) is 169 Å². The first kappa shape index (κ1) is 40.8. The summed E-state index contributed by atoms with van der Waals surface area (Å²) in [4.78, 5) is 13.3. The molecule has 0 saturated heterocycles. The van der Waals surface area contributed by atoms with Gasteiger partial charge in [-0.25, -0.2) is 9.18 Å². The first-order valence-corrected chi connectivity index (χ1v) is 14.6. The molecule has 0 saturated carbocycles. The zero-order valence-electron chi connectivity index (χ0n) is 26.3. The van der Waals surface area contributed by atoms with E-state index in [1.165, 1.54) is 4.90 Å². The monoisotopic (exact) mass is 617 g/mol. The molecule has 0 spiro atoms. The average molecular weight is 618 g/mol. The molecule has 0 aliphatic carbocycles. The molecule has 0 aliphatic heterocycles. The Labute approximate surface area is 251 Å². The minimum Gasteiger partial charge on any atom is -0.444 e. The summed E-state index contributed by atoms with van der Waals surface area (Å²) in [5.41, 5.74) is -0.511. The van der Waals surface area contributed by atoms with Crippen molar-refractivity contribution >= 4 is 6.09 Å². The lowest BCUT2D eigenvalue weighted by Gasteiger charge is -2.24. The summed E-state index contributed by atoms with van der Waals surface area (Å²) in [7, 11) is 1.68. The molecular weight excluding hydrogens is 561 g/mol. The highest BCUT2D eigenvalue weighted by Crippen LogP contribution is 2.08. The highest BCUT2D eigenvalue weighted by Gasteiger charge is 2.19. The van der Waals surface area contributed by atoms with Crippen molar-refractivity contribution in [1.29, 1.82) is 0 Å². The van der Waals surface area contributed by atoms with Crippen molar-refractivity contribution in [3.8, 4) is 0 Å². The molecule has 14 heteroatoms. The van der Waals surface area contributed by atoms with Crippen molar-refractivity contribution in [1.82, 2.24) is 4.90 Å². The number of ether oxygens (including phenoxy) is 11. The SMILES string of the molecule is CN(CCOCCOCCOCCOCCOCCOCCOCCOCCOCCOCCF)C(=O)OC(C)(C)C. The molecule has 0 heterocycles. The predicted molar refractivity (Wildman–Crippen MR) is 153 cm³/mol. The zero-order valence-corrected chi connectivity index (χ0v) is 26.3. The van der Waals surface area contributed by atoms with Gasteiger partial charge in [0.2, 0.25) is 0 Å². The van der Waals surface area contributed by atoms with E-state index >= 15 is 0 Å². The smallest absolute Gasteiger partial charge is 0.410 e. The van der Waals surface area contributed by atoms with Gasteiger partial charge in [-0.05, 0) is 20.8 Å². The molecule has 0 aliphatic rings. The minimum atomic E-state index is -0.511. The third-order valence-corrected chi connectivity index (χ3v) is 4.85. The topological polar surface area (TPSA) is 122 Å². The van der Waals surface area contributed by atoms with Gasteiger partial charge in [0.05, 0.1) is 132 Å². The summed E-state index contributed by atoms with van der Waals surface area (Å²) in [6.07, 6.45) is -0.367. The maximum atomic E-state index is 11.8. The Morgan fingerprint density at radius 2 is 0.714 bits per heavy atom. The molecule has 0 aromatic heterocycles. The van der Waals surface area contributed by atoms with Crippen LogP contribution in [0.15, 0.2) is 0 Å². The second kappa shape index (κ2) is 31.2. The zero-order chi connectivity index (χ0) is 31.0. The molecule has 0 rings (SSSR count). The number of carbonyl (C=O) groups is 1. The third kappa shape index (κ3) is 33.3. The second-order valence-corrected chi connectivity index (χ2v) is 9.71. The molecule has 1 amide bonds. The Morgan fingerprint density at radius 1 is 0.476 bits per heavy atom. The van der Waals surface area contributed by atoms with Crippen molar-refractivity contribution < 1.29 is 61.3 Å². The number of halogens is 1. The Bertz CT molecular complexity index is 571. The summed E-state index contributed by atoms with van der Waals surface area (Å²) >= 11 is 0. The van der Waals surface area contributed by atoms with Crippen molar-refractivity contribution in [2.75, 3.05) is 152 Å². The molecule has 42 heavy (non-hydrogen) atoms. The number of nitrogens with zero attached hydrogens (tertiary/aromatic N) is 1. The van der Waals surface area contributed by atoms with Crippen LogP contribution in [0.25, 0.3) is 0 Å². The molecule has 0 radical (unpaired) electrons. The van der Waals surface area contributed by atoms with Gasteiger partial charge < -0.3 is 57.0 Å². The summed E-state index contributed by atoms with van der Waals surface area (Å²) in [5, 5.41) is 0. The molecule has 0 N–H and O–H groups in total. The number of likely N-dealkylation sites (N-methyl/N-ethyl adjacent to an activating group) is 1. The first-order chi connectivity index (χ1) is 20.4. The van der Waals surface area contributed by atoms with Gasteiger partial charge in [0.15, 0.2) is 0 Å². The van der Waals surface area contributed by atoms with E-state index < -0.39 is 12.3 Å². The fraction of sp³-hybridized carbons (Fsp3) is 0.964. The third-order valence-electron chi connectivity index (χ3n) is 4.85. The van der Waals surface area contributed by atoms with Crippen LogP contribution < -0.4 is 0 Å². The maximum absolute atomic E-state index is 11.8. The van der Waals surface area contributed by atoms with E-state index in [1.807, 2.05) is 20.8 Å². The van der Waals surface area contributed by atoms with Gasteiger partial charge in [-0.2, -0.15) is 0 Å². The molecule has 0 atom stereocenters. The van der Waals surface area contributed by atoms with Gasteiger partial charge in [0.1, 0.15) is 12.3 Å². The van der Waals surface area contributed by atoms with E-state index in [9.17, 15) is 9.18 Å². The fourth-order valence-corrected chi connectivity index (χ4v) is 2.77.